The average Bonchev–Trinajstić information content (AvgIpc) is 3.96. The molecule has 13 aromatic rings. The van der Waals surface area contributed by atoms with E-state index in [-0.39, 0.29) is 0 Å². The number of thiophene rings is 1. The molecule has 0 fully saturated rings. The van der Waals surface area contributed by atoms with Crippen LogP contribution in [-0.4, -0.2) is 0 Å². The number of hydrogen-bond donors (Lipinski definition) is 0. The molecule has 3 heteroatoms. The van der Waals surface area contributed by atoms with Gasteiger partial charge in [0.25, 0.3) is 0 Å². The molecule has 13 rings (SSSR count). The zero-order valence-corrected chi connectivity index (χ0v) is 31.4. The van der Waals surface area contributed by atoms with Gasteiger partial charge < -0.3 is 8.83 Å². The summed E-state index contributed by atoms with van der Waals surface area (Å²) >= 11 is 1.86. The summed E-state index contributed by atoms with van der Waals surface area (Å²) < 4.78 is 15.6. The highest BCUT2D eigenvalue weighted by Gasteiger charge is 2.21. The van der Waals surface area contributed by atoms with E-state index in [0.717, 1.165) is 55.0 Å². The predicted molar refractivity (Wildman–Crippen MR) is 243 cm³/mol. The number of hydrogen-bond acceptors (Lipinski definition) is 3. The van der Waals surface area contributed by atoms with E-state index in [4.69, 9.17) is 8.83 Å². The van der Waals surface area contributed by atoms with Crippen LogP contribution < -0.4 is 0 Å². The van der Waals surface area contributed by atoms with Gasteiger partial charge in [-0.3, -0.25) is 0 Å². The van der Waals surface area contributed by atoms with E-state index < -0.39 is 0 Å². The van der Waals surface area contributed by atoms with Crippen LogP contribution in [0.5, 0.6) is 0 Å². The Kier molecular flexibility index (Phi) is 6.35. The molecule has 0 aliphatic heterocycles. The monoisotopic (exact) mass is 742 g/mol. The summed E-state index contributed by atoms with van der Waals surface area (Å²) in [5.41, 5.74) is 10.8. The molecule has 0 aliphatic carbocycles. The standard InChI is InChI=1S/C54H30O2S/c1-2-13-34-31(11-1)12-9-20-37(34)51-40-16-5-3-14-38(40)50(39-15-4-6-17-41(39)51)33-23-25-36-45-29-32(24-28-48(45)57-49(36)30-33)35-19-10-21-42-43-26-27-47-52(54(43)56-53(35)42)44-18-7-8-22-46(44)55-47/h1-30H. The van der Waals surface area contributed by atoms with Crippen molar-refractivity contribution in [3.63, 3.8) is 0 Å². The Morgan fingerprint density at radius 3 is 1.75 bits per heavy atom. The lowest BCUT2D eigenvalue weighted by Gasteiger charge is -2.18. The molecule has 0 N–H and O–H groups in total. The van der Waals surface area contributed by atoms with E-state index in [0.29, 0.717) is 0 Å². The average molecular weight is 743 g/mol. The third kappa shape index (κ3) is 4.40. The van der Waals surface area contributed by atoms with E-state index >= 15 is 0 Å². The van der Waals surface area contributed by atoms with Gasteiger partial charge in [0.2, 0.25) is 0 Å². The highest BCUT2D eigenvalue weighted by atomic mass is 32.1. The molecule has 3 heterocycles. The number of para-hydroxylation sites is 2. The summed E-state index contributed by atoms with van der Waals surface area (Å²) in [6, 6.07) is 66.1. The lowest BCUT2D eigenvalue weighted by atomic mass is 9.84. The SMILES string of the molecule is c1ccc2c(-c3c4ccccc4c(-c4ccc5c(c4)sc4ccc(-c6cccc7c6oc6c7ccc7oc8ccccc8c76)cc45)c4ccccc34)cccc2c1. The van der Waals surface area contributed by atoms with Crippen molar-refractivity contribution < 1.29 is 8.83 Å². The Morgan fingerprint density at radius 2 is 0.930 bits per heavy atom. The van der Waals surface area contributed by atoms with Crippen molar-refractivity contribution in [2.45, 2.75) is 0 Å². The molecule has 264 valence electrons. The number of fused-ring (bicyclic) bond motifs is 13. The normalized spacial score (nSPS) is 12.2. The second-order valence-corrected chi connectivity index (χ2v) is 16.2. The molecule has 0 atom stereocenters. The molecule has 0 saturated carbocycles. The number of benzene rings is 10. The molecule has 0 radical (unpaired) electrons. The van der Waals surface area contributed by atoms with Gasteiger partial charge in [-0.15, -0.1) is 11.3 Å². The smallest absolute Gasteiger partial charge is 0.147 e. The summed E-state index contributed by atoms with van der Waals surface area (Å²) in [6.07, 6.45) is 0. The van der Waals surface area contributed by atoms with E-state index in [1.165, 1.54) is 74.7 Å². The molecule has 57 heavy (non-hydrogen) atoms. The molecule has 0 unspecified atom stereocenters. The van der Waals surface area contributed by atoms with Crippen LogP contribution in [0.3, 0.4) is 0 Å². The van der Waals surface area contributed by atoms with Crippen molar-refractivity contribution in [1.82, 2.24) is 0 Å². The van der Waals surface area contributed by atoms with Gasteiger partial charge >= 0.3 is 0 Å². The second-order valence-electron chi connectivity index (χ2n) is 15.1. The van der Waals surface area contributed by atoms with Gasteiger partial charge in [0.05, 0.1) is 5.39 Å². The maximum absolute atomic E-state index is 6.83. The van der Waals surface area contributed by atoms with Crippen LogP contribution in [0.25, 0.3) is 130 Å². The largest absolute Gasteiger partial charge is 0.456 e. The van der Waals surface area contributed by atoms with Crippen LogP contribution in [0.4, 0.5) is 0 Å². The summed E-state index contributed by atoms with van der Waals surface area (Å²) in [5.74, 6) is 0. The maximum atomic E-state index is 6.83. The van der Waals surface area contributed by atoms with Gasteiger partial charge in [-0.1, -0.05) is 146 Å². The van der Waals surface area contributed by atoms with Gasteiger partial charge in [-0.2, -0.15) is 0 Å². The minimum Gasteiger partial charge on any atom is -0.456 e. The van der Waals surface area contributed by atoms with Gasteiger partial charge in [-0.25, -0.2) is 0 Å². The molecule has 2 nitrogen and oxygen atoms in total. The van der Waals surface area contributed by atoms with E-state index in [1.54, 1.807) is 0 Å². The predicted octanol–water partition coefficient (Wildman–Crippen LogP) is 16.3. The van der Waals surface area contributed by atoms with Crippen LogP contribution in [0.2, 0.25) is 0 Å². The van der Waals surface area contributed by atoms with Crippen molar-refractivity contribution >= 4 is 108 Å². The highest BCUT2D eigenvalue weighted by Crippen LogP contribution is 2.48. The Hall–Kier alpha value is -7.20. The molecular weight excluding hydrogens is 713 g/mol. The summed E-state index contributed by atoms with van der Waals surface area (Å²) in [6.45, 7) is 0. The Morgan fingerprint density at radius 1 is 0.316 bits per heavy atom. The quantitative estimate of drug-likeness (QED) is 0.169. The zero-order valence-electron chi connectivity index (χ0n) is 30.5. The number of furan rings is 2. The van der Waals surface area contributed by atoms with Crippen molar-refractivity contribution in [2.75, 3.05) is 0 Å². The molecule has 0 saturated heterocycles. The van der Waals surface area contributed by atoms with Gasteiger partial charge in [0.1, 0.15) is 22.3 Å². The molecule has 3 aromatic heterocycles. The zero-order chi connectivity index (χ0) is 37.2. The molecule has 0 aliphatic rings. The van der Waals surface area contributed by atoms with Crippen LogP contribution in [0, 0.1) is 0 Å². The van der Waals surface area contributed by atoms with Gasteiger partial charge in [0, 0.05) is 41.9 Å². The first-order valence-electron chi connectivity index (χ1n) is 19.4. The fraction of sp³-hybridized carbons (Fsp3) is 0. The van der Waals surface area contributed by atoms with E-state index in [2.05, 4.69) is 170 Å². The fourth-order valence-electron chi connectivity index (χ4n) is 9.57. The first kappa shape index (κ1) is 31.1. The molecule has 0 amide bonds. The van der Waals surface area contributed by atoms with Crippen molar-refractivity contribution in [1.29, 1.82) is 0 Å². The molecule has 0 spiro atoms. The third-order valence-electron chi connectivity index (χ3n) is 12.1. The van der Waals surface area contributed by atoms with Crippen LogP contribution in [-0.2, 0) is 0 Å². The summed E-state index contributed by atoms with van der Waals surface area (Å²) in [5, 5.41) is 14.4. The fourth-order valence-corrected chi connectivity index (χ4v) is 10.7. The Bertz CT molecular complexity index is 3760. The van der Waals surface area contributed by atoms with Crippen LogP contribution >= 0.6 is 11.3 Å². The second kappa shape index (κ2) is 11.7. The van der Waals surface area contributed by atoms with Crippen LogP contribution in [0.1, 0.15) is 0 Å². The first-order valence-corrected chi connectivity index (χ1v) is 20.2. The van der Waals surface area contributed by atoms with Gasteiger partial charge in [0.15, 0.2) is 0 Å². The lowest BCUT2D eigenvalue weighted by molar-refractivity contribution is 0.663. The minimum absolute atomic E-state index is 0.844. The molecule has 10 aromatic carbocycles. The van der Waals surface area contributed by atoms with E-state index in [9.17, 15) is 0 Å². The van der Waals surface area contributed by atoms with Crippen LogP contribution in [0.15, 0.2) is 191 Å². The van der Waals surface area contributed by atoms with Crippen molar-refractivity contribution in [3.8, 4) is 33.4 Å². The Balaban J connectivity index is 0.991. The minimum atomic E-state index is 0.844. The Labute approximate surface area is 330 Å². The molecule has 0 bridgehead atoms. The highest BCUT2D eigenvalue weighted by molar-refractivity contribution is 7.25. The topological polar surface area (TPSA) is 26.3 Å². The maximum Gasteiger partial charge on any atom is 0.147 e. The van der Waals surface area contributed by atoms with Gasteiger partial charge in [-0.05, 0) is 96.5 Å². The number of rotatable bonds is 3. The lowest BCUT2D eigenvalue weighted by Crippen LogP contribution is -1.91. The third-order valence-corrected chi connectivity index (χ3v) is 13.2. The molecular formula is C54H30O2S. The van der Waals surface area contributed by atoms with Crippen molar-refractivity contribution in [3.05, 3.63) is 182 Å². The summed E-state index contributed by atoms with van der Waals surface area (Å²) in [4.78, 5) is 0. The first-order chi connectivity index (χ1) is 28.3. The van der Waals surface area contributed by atoms with E-state index in [1.807, 2.05) is 23.5 Å². The van der Waals surface area contributed by atoms with Crippen molar-refractivity contribution in [2.24, 2.45) is 0 Å². The summed E-state index contributed by atoms with van der Waals surface area (Å²) in [7, 11) is 0.